The molecule has 16 heavy (non-hydrogen) atoms. The van der Waals surface area contributed by atoms with E-state index in [1.165, 1.54) is 25.7 Å². The summed E-state index contributed by atoms with van der Waals surface area (Å²) in [5.41, 5.74) is 0. The van der Waals surface area contributed by atoms with Crippen LogP contribution in [0.4, 0.5) is 0 Å². The van der Waals surface area contributed by atoms with E-state index in [9.17, 15) is 0 Å². The van der Waals surface area contributed by atoms with Crippen molar-refractivity contribution < 1.29 is 4.74 Å². The molecule has 4 atom stereocenters. The van der Waals surface area contributed by atoms with Gasteiger partial charge in [0.1, 0.15) is 0 Å². The molecule has 0 aromatic heterocycles. The lowest BCUT2D eigenvalue weighted by Gasteiger charge is -2.34. The Morgan fingerprint density at radius 3 is 2.69 bits per heavy atom. The Hall–Kier alpha value is -0.0800. The van der Waals surface area contributed by atoms with Gasteiger partial charge in [0.2, 0.25) is 0 Å². The van der Waals surface area contributed by atoms with Crippen molar-refractivity contribution in [2.75, 3.05) is 20.3 Å². The van der Waals surface area contributed by atoms with Crippen LogP contribution in [0.2, 0.25) is 0 Å². The lowest BCUT2D eigenvalue weighted by Crippen LogP contribution is -2.38. The minimum absolute atomic E-state index is 0.616. The van der Waals surface area contributed by atoms with Crippen molar-refractivity contribution in [3.63, 3.8) is 0 Å². The summed E-state index contributed by atoms with van der Waals surface area (Å²) in [6.45, 7) is 8.93. The molecule has 0 saturated heterocycles. The number of ether oxygens (including phenoxy) is 1. The van der Waals surface area contributed by atoms with Crippen LogP contribution >= 0.6 is 0 Å². The van der Waals surface area contributed by atoms with Gasteiger partial charge in [0.25, 0.3) is 0 Å². The highest BCUT2D eigenvalue weighted by Crippen LogP contribution is 2.34. The van der Waals surface area contributed by atoms with E-state index in [-0.39, 0.29) is 0 Å². The summed E-state index contributed by atoms with van der Waals surface area (Å²) < 4.78 is 5.07. The second-order valence-electron chi connectivity index (χ2n) is 5.63. The number of methoxy groups -OCH3 is 1. The molecule has 0 bridgehead atoms. The van der Waals surface area contributed by atoms with E-state index >= 15 is 0 Å². The largest absolute Gasteiger partial charge is 0.383 e. The van der Waals surface area contributed by atoms with Crippen molar-refractivity contribution >= 4 is 0 Å². The predicted octanol–water partition coefficient (Wildman–Crippen LogP) is 3.07. The average molecular weight is 227 g/mol. The zero-order valence-electron chi connectivity index (χ0n) is 11.5. The summed E-state index contributed by atoms with van der Waals surface area (Å²) in [5.74, 6) is 2.65. The molecule has 2 heteroatoms. The first-order valence-corrected chi connectivity index (χ1v) is 6.87. The summed E-state index contributed by atoms with van der Waals surface area (Å²) in [4.78, 5) is 0. The molecular formula is C14H29NO. The Labute approximate surface area is 101 Å². The molecule has 0 spiro atoms. The van der Waals surface area contributed by atoms with Crippen molar-refractivity contribution in [1.82, 2.24) is 5.32 Å². The van der Waals surface area contributed by atoms with E-state index in [1.807, 2.05) is 0 Å². The van der Waals surface area contributed by atoms with Gasteiger partial charge in [-0.2, -0.15) is 0 Å². The second-order valence-corrected chi connectivity index (χ2v) is 5.63. The first-order valence-electron chi connectivity index (χ1n) is 6.87. The normalized spacial score (nSPS) is 30.0. The molecule has 0 heterocycles. The Kier molecular flexibility index (Phi) is 6.37. The molecule has 2 nitrogen and oxygen atoms in total. The smallest absolute Gasteiger partial charge is 0.0587 e. The minimum atomic E-state index is 0.616. The maximum absolute atomic E-state index is 5.07. The third-order valence-corrected chi connectivity index (χ3v) is 4.28. The van der Waals surface area contributed by atoms with Gasteiger partial charge in [-0.3, -0.25) is 0 Å². The first kappa shape index (κ1) is 14.0. The van der Waals surface area contributed by atoms with Crippen LogP contribution in [0, 0.1) is 17.8 Å². The molecule has 0 aromatic rings. The maximum atomic E-state index is 5.07. The van der Waals surface area contributed by atoms with Gasteiger partial charge in [0.15, 0.2) is 0 Å². The van der Waals surface area contributed by atoms with E-state index < -0.39 is 0 Å². The number of hydrogen-bond acceptors (Lipinski definition) is 2. The average Bonchev–Trinajstić information content (AvgIpc) is 2.28. The highest BCUT2D eigenvalue weighted by atomic mass is 16.5. The molecule has 1 rings (SSSR count). The number of hydrogen-bond donors (Lipinski definition) is 1. The van der Waals surface area contributed by atoms with E-state index in [4.69, 9.17) is 4.74 Å². The van der Waals surface area contributed by atoms with Crippen LogP contribution in [-0.2, 0) is 4.74 Å². The second kappa shape index (κ2) is 7.29. The molecule has 1 aliphatic rings. The van der Waals surface area contributed by atoms with Crippen molar-refractivity contribution in [2.45, 2.75) is 52.5 Å². The summed E-state index contributed by atoms with van der Waals surface area (Å²) >= 11 is 0. The van der Waals surface area contributed by atoms with Crippen LogP contribution in [-0.4, -0.2) is 26.3 Å². The van der Waals surface area contributed by atoms with E-state index in [2.05, 4.69) is 26.1 Å². The van der Waals surface area contributed by atoms with Gasteiger partial charge in [-0.25, -0.2) is 0 Å². The van der Waals surface area contributed by atoms with Gasteiger partial charge < -0.3 is 10.1 Å². The summed E-state index contributed by atoms with van der Waals surface area (Å²) in [7, 11) is 1.76. The fourth-order valence-corrected chi connectivity index (χ4v) is 2.94. The van der Waals surface area contributed by atoms with Crippen LogP contribution in [0.15, 0.2) is 0 Å². The molecule has 0 aromatic carbocycles. The van der Waals surface area contributed by atoms with E-state index in [1.54, 1.807) is 7.11 Å². The van der Waals surface area contributed by atoms with Crippen molar-refractivity contribution in [2.24, 2.45) is 17.8 Å². The quantitative estimate of drug-likeness (QED) is 0.704. The Balaban J connectivity index is 2.28. The van der Waals surface area contributed by atoms with Gasteiger partial charge in [-0.1, -0.05) is 33.1 Å². The maximum Gasteiger partial charge on any atom is 0.0587 e. The molecule has 1 N–H and O–H groups in total. The third-order valence-electron chi connectivity index (χ3n) is 4.28. The van der Waals surface area contributed by atoms with Crippen molar-refractivity contribution in [3.05, 3.63) is 0 Å². The Morgan fingerprint density at radius 2 is 2.06 bits per heavy atom. The summed E-state index contributed by atoms with van der Waals surface area (Å²) in [6, 6.07) is 0.616. The molecule has 0 amide bonds. The number of rotatable bonds is 6. The molecule has 4 unspecified atom stereocenters. The number of nitrogens with one attached hydrogen (secondary N) is 1. The zero-order valence-corrected chi connectivity index (χ0v) is 11.5. The minimum Gasteiger partial charge on any atom is -0.383 e. The van der Waals surface area contributed by atoms with Crippen molar-refractivity contribution in [1.29, 1.82) is 0 Å². The highest BCUT2D eigenvalue weighted by Gasteiger charge is 2.26. The van der Waals surface area contributed by atoms with Crippen LogP contribution in [0.1, 0.15) is 46.5 Å². The highest BCUT2D eigenvalue weighted by molar-refractivity contribution is 4.80. The van der Waals surface area contributed by atoms with Gasteiger partial charge in [-0.05, 0) is 31.1 Å². The van der Waals surface area contributed by atoms with Gasteiger partial charge in [-0.15, -0.1) is 0 Å². The van der Waals surface area contributed by atoms with Crippen LogP contribution < -0.4 is 5.32 Å². The molecule has 1 aliphatic carbocycles. The lowest BCUT2D eigenvalue weighted by atomic mass is 9.74. The van der Waals surface area contributed by atoms with Crippen molar-refractivity contribution in [3.8, 4) is 0 Å². The van der Waals surface area contributed by atoms with E-state index in [0.717, 1.165) is 30.9 Å². The molecule has 1 saturated carbocycles. The SMILES string of the molecule is COCCNC(C)C(C)C1CCCC(C)C1. The predicted molar refractivity (Wildman–Crippen MR) is 69.6 cm³/mol. The fraction of sp³-hybridized carbons (Fsp3) is 1.00. The Bertz CT molecular complexity index is 184. The zero-order chi connectivity index (χ0) is 12.0. The van der Waals surface area contributed by atoms with Crippen LogP contribution in [0.3, 0.4) is 0 Å². The standard InChI is InChI=1S/C14H29NO/c1-11-6-5-7-14(10-11)12(2)13(3)15-8-9-16-4/h11-15H,5-10H2,1-4H3. The van der Waals surface area contributed by atoms with Gasteiger partial charge in [0.05, 0.1) is 6.61 Å². The molecule has 1 fully saturated rings. The summed E-state index contributed by atoms with van der Waals surface area (Å²) in [5, 5.41) is 3.57. The first-order chi connectivity index (χ1) is 7.65. The molecule has 0 aliphatic heterocycles. The van der Waals surface area contributed by atoms with Gasteiger partial charge >= 0.3 is 0 Å². The molecule has 0 radical (unpaired) electrons. The Morgan fingerprint density at radius 1 is 1.31 bits per heavy atom. The molecular weight excluding hydrogens is 198 g/mol. The molecule has 96 valence electrons. The van der Waals surface area contributed by atoms with Crippen LogP contribution in [0.25, 0.3) is 0 Å². The van der Waals surface area contributed by atoms with Crippen LogP contribution in [0.5, 0.6) is 0 Å². The third kappa shape index (κ3) is 4.42. The van der Waals surface area contributed by atoms with E-state index in [0.29, 0.717) is 6.04 Å². The fourth-order valence-electron chi connectivity index (χ4n) is 2.94. The topological polar surface area (TPSA) is 21.3 Å². The lowest BCUT2D eigenvalue weighted by molar-refractivity contribution is 0.165. The summed E-state index contributed by atoms with van der Waals surface area (Å²) in [6.07, 6.45) is 5.73. The van der Waals surface area contributed by atoms with Gasteiger partial charge in [0, 0.05) is 19.7 Å². The monoisotopic (exact) mass is 227 g/mol.